The molecule has 2 aromatic heterocycles. The van der Waals surface area contributed by atoms with E-state index in [1.165, 1.54) is 11.3 Å². The first-order chi connectivity index (χ1) is 11.5. The number of thiazole rings is 1. The molecule has 0 aliphatic heterocycles. The van der Waals surface area contributed by atoms with Gasteiger partial charge in [-0.3, -0.25) is 5.32 Å². The molecular weight excluding hydrogens is 337 g/mol. The summed E-state index contributed by atoms with van der Waals surface area (Å²) >= 11 is 1.36. The molecule has 124 valence electrons. The fourth-order valence-corrected chi connectivity index (χ4v) is 3.77. The maximum Gasteiger partial charge on any atom is 0.433 e. The molecule has 1 aliphatic carbocycles. The highest BCUT2D eigenvalue weighted by Gasteiger charge is 2.38. The summed E-state index contributed by atoms with van der Waals surface area (Å²) in [5.74, 6) is -0.0398. The number of rotatable bonds is 2. The van der Waals surface area contributed by atoms with Crippen LogP contribution in [0.5, 0.6) is 0 Å². The number of halogens is 3. The Morgan fingerprint density at radius 3 is 2.58 bits per heavy atom. The number of benzene rings is 1. The molecule has 2 heterocycles. The van der Waals surface area contributed by atoms with E-state index in [1.54, 1.807) is 0 Å². The highest BCUT2D eigenvalue weighted by atomic mass is 32.1. The van der Waals surface area contributed by atoms with Gasteiger partial charge in [0.2, 0.25) is 5.95 Å². The topological polar surface area (TPSA) is 50.7 Å². The molecule has 8 heteroatoms. The maximum atomic E-state index is 13.3. The van der Waals surface area contributed by atoms with Crippen LogP contribution in [0.2, 0.25) is 0 Å². The molecule has 0 unspecified atom stereocenters. The van der Waals surface area contributed by atoms with Crippen molar-refractivity contribution in [2.24, 2.45) is 0 Å². The summed E-state index contributed by atoms with van der Waals surface area (Å²) in [6.45, 7) is 0. The van der Waals surface area contributed by atoms with Gasteiger partial charge in [-0.1, -0.05) is 23.5 Å². The predicted molar refractivity (Wildman–Crippen MR) is 86.6 cm³/mol. The molecule has 0 amide bonds. The molecule has 3 aromatic rings. The van der Waals surface area contributed by atoms with Crippen molar-refractivity contribution in [1.29, 1.82) is 0 Å². The van der Waals surface area contributed by atoms with Crippen molar-refractivity contribution in [3.8, 4) is 0 Å². The van der Waals surface area contributed by atoms with Gasteiger partial charge in [-0.05, 0) is 37.8 Å². The third-order valence-electron chi connectivity index (χ3n) is 3.96. The molecule has 0 atom stereocenters. The Labute approximate surface area is 139 Å². The van der Waals surface area contributed by atoms with Crippen LogP contribution in [0, 0.1) is 0 Å². The smallest absolute Gasteiger partial charge is 0.300 e. The van der Waals surface area contributed by atoms with Crippen LogP contribution in [-0.4, -0.2) is 15.0 Å². The number of aryl methyl sites for hydroxylation is 1. The number of alkyl halides is 3. The van der Waals surface area contributed by atoms with Crippen molar-refractivity contribution in [3.63, 3.8) is 0 Å². The van der Waals surface area contributed by atoms with E-state index in [4.69, 9.17) is 0 Å². The summed E-state index contributed by atoms with van der Waals surface area (Å²) in [6, 6.07) is 7.52. The molecular formula is C16H13F3N4S. The van der Waals surface area contributed by atoms with E-state index >= 15 is 0 Å². The predicted octanol–water partition coefficient (Wildman–Crippen LogP) is 4.73. The maximum absolute atomic E-state index is 13.3. The van der Waals surface area contributed by atoms with Crippen LogP contribution in [0.1, 0.15) is 29.8 Å². The number of anilines is 2. The van der Waals surface area contributed by atoms with Crippen LogP contribution in [-0.2, 0) is 19.0 Å². The Hall–Kier alpha value is -2.22. The Balaban J connectivity index is 1.75. The van der Waals surface area contributed by atoms with Crippen LogP contribution in [0.25, 0.3) is 10.2 Å². The molecule has 4 nitrogen and oxygen atoms in total. The zero-order valence-electron chi connectivity index (χ0n) is 12.5. The average Bonchev–Trinajstić information content (AvgIpc) is 2.95. The minimum absolute atomic E-state index is 0.0398. The zero-order valence-corrected chi connectivity index (χ0v) is 13.3. The molecule has 0 saturated heterocycles. The minimum atomic E-state index is -4.48. The van der Waals surface area contributed by atoms with Gasteiger partial charge >= 0.3 is 6.18 Å². The van der Waals surface area contributed by atoms with Gasteiger partial charge in [0.05, 0.1) is 10.2 Å². The second-order valence-electron chi connectivity index (χ2n) is 5.64. The van der Waals surface area contributed by atoms with E-state index in [-0.39, 0.29) is 11.5 Å². The Morgan fingerprint density at radius 2 is 1.79 bits per heavy atom. The fraction of sp³-hybridized carbons (Fsp3) is 0.312. The number of para-hydroxylation sites is 1. The van der Waals surface area contributed by atoms with Gasteiger partial charge in [-0.25, -0.2) is 15.0 Å². The highest BCUT2D eigenvalue weighted by molar-refractivity contribution is 7.22. The third kappa shape index (κ3) is 2.82. The second kappa shape index (κ2) is 5.70. The second-order valence-corrected chi connectivity index (χ2v) is 6.67. The van der Waals surface area contributed by atoms with E-state index in [0.29, 0.717) is 23.7 Å². The lowest BCUT2D eigenvalue weighted by Crippen LogP contribution is -2.19. The van der Waals surface area contributed by atoms with Crippen molar-refractivity contribution in [2.45, 2.75) is 31.9 Å². The van der Waals surface area contributed by atoms with Gasteiger partial charge in [-0.15, -0.1) is 0 Å². The first-order valence-electron chi connectivity index (χ1n) is 7.60. The monoisotopic (exact) mass is 350 g/mol. The molecule has 1 aromatic carbocycles. The summed E-state index contributed by atoms with van der Waals surface area (Å²) < 4.78 is 40.9. The van der Waals surface area contributed by atoms with E-state index in [0.717, 1.165) is 23.1 Å². The number of aromatic nitrogens is 3. The molecule has 0 spiro atoms. The number of hydrogen-bond acceptors (Lipinski definition) is 5. The largest absolute Gasteiger partial charge is 0.433 e. The van der Waals surface area contributed by atoms with Crippen LogP contribution < -0.4 is 5.32 Å². The summed E-state index contributed by atoms with van der Waals surface area (Å²) in [4.78, 5) is 12.4. The van der Waals surface area contributed by atoms with E-state index in [2.05, 4.69) is 20.3 Å². The van der Waals surface area contributed by atoms with E-state index < -0.39 is 11.9 Å². The van der Waals surface area contributed by atoms with Gasteiger partial charge in [0.25, 0.3) is 0 Å². The number of fused-ring (bicyclic) bond motifs is 2. The molecule has 4 rings (SSSR count). The van der Waals surface area contributed by atoms with Crippen LogP contribution in [0.15, 0.2) is 24.3 Å². The lowest BCUT2D eigenvalue weighted by molar-refractivity contribution is -0.141. The van der Waals surface area contributed by atoms with E-state index in [1.807, 2.05) is 24.3 Å². The lowest BCUT2D eigenvalue weighted by Gasteiger charge is -2.20. The van der Waals surface area contributed by atoms with Gasteiger partial charge < -0.3 is 0 Å². The normalized spacial score (nSPS) is 14.6. The molecule has 0 fully saturated rings. The zero-order chi connectivity index (χ0) is 16.7. The molecule has 0 saturated carbocycles. The van der Waals surface area contributed by atoms with Crippen molar-refractivity contribution in [2.75, 3.05) is 5.32 Å². The van der Waals surface area contributed by atoms with Crippen molar-refractivity contribution >= 4 is 32.6 Å². The molecule has 1 aliphatic rings. The summed E-state index contributed by atoms with van der Waals surface area (Å²) in [7, 11) is 0. The van der Waals surface area contributed by atoms with Crippen molar-refractivity contribution < 1.29 is 13.2 Å². The highest BCUT2D eigenvalue weighted by Crippen LogP contribution is 2.36. The first-order valence-corrected chi connectivity index (χ1v) is 8.42. The van der Waals surface area contributed by atoms with Crippen LogP contribution in [0.4, 0.5) is 24.3 Å². The number of nitrogens with zero attached hydrogens (tertiary/aromatic N) is 3. The van der Waals surface area contributed by atoms with Crippen LogP contribution in [0.3, 0.4) is 0 Å². The first kappa shape index (κ1) is 15.3. The van der Waals surface area contributed by atoms with Gasteiger partial charge in [0, 0.05) is 11.3 Å². The number of hydrogen-bond donors (Lipinski definition) is 1. The minimum Gasteiger partial charge on any atom is -0.300 e. The fourth-order valence-electron chi connectivity index (χ4n) is 2.91. The third-order valence-corrected chi connectivity index (χ3v) is 4.92. The SMILES string of the molecule is FC(F)(F)c1nc(Nc2nc3ccccc3s2)nc2c1CCCC2. The Kier molecular flexibility index (Phi) is 3.64. The number of nitrogens with one attached hydrogen (secondary N) is 1. The molecule has 0 bridgehead atoms. The summed E-state index contributed by atoms with van der Waals surface area (Å²) in [5.41, 5.74) is 0.700. The summed E-state index contributed by atoms with van der Waals surface area (Å²) in [6.07, 6.45) is -1.96. The van der Waals surface area contributed by atoms with Gasteiger partial charge in [0.1, 0.15) is 0 Å². The standard InChI is InChI=1S/C16H13F3N4S/c17-16(18,19)13-9-5-1-2-6-10(9)20-14(22-13)23-15-21-11-7-3-4-8-12(11)24-15/h3-4,7-8H,1-2,5-6H2,(H,20,21,22,23). The van der Waals surface area contributed by atoms with Gasteiger partial charge in [0.15, 0.2) is 10.8 Å². The molecule has 0 radical (unpaired) electrons. The van der Waals surface area contributed by atoms with Crippen molar-refractivity contribution in [1.82, 2.24) is 15.0 Å². The quantitative estimate of drug-likeness (QED) is 0.726. The lowest BCUT2D eigenvalue weighted by atomic mass is 9.94. The Morgan fingerprint density at radius 1 is 1.00 bits per heavy atom. The average molecular weight is 350 g/mol. The van der Waals surface area contributed by atoms with Crippen molar-refractivity contribution in [3.05, 3.63) is 41.2 Å². The molecule has 1 N–H and O–H groups in total. The Bertz CT molecular complexity index is 871. The summed E-state index contributed by atoms with van der Waals surface area (Å²) in [5, 5.41) is 3.33. The van der Waals surface area contributed by atoms with Crippen LogP contribution >= 0.6 is 11.3 Å². The molecule has 24 heavy (non-hydrogen) atoms. The van der Waals surface area contributed by atoms with Gasteiger partial charge in [-0.2, -0.15) is 13.2 Å². The van der Waals surface area contributed by atoms with E-state index in [9.17, 15) is 13.2 Å².